The van der Waals surface area contributed by atoms with E-state index in [2.05, 4.69) is 15.1 Å². The topological polar surface area (TPSA) is 85.3 Å². The number of likely N-dealkylation sites (tertiary alicyclic amines) is 2. The molecule has 0 atom stereocenters. The van der Waals surface area contributed by atoms with Gasteiger partial charge in [0.1, 0.15) is 6.61 Å². The van der Waals surface area contributed by atoms with Crippen molar-refractivity contribution in [2.24, 2.45) is 0 Å². The van der Waals surface area contributed by atoms with Gasteiger partial charge in [0.2, 0.25) is 5.91 Å². The molecule has 3 heterocycles. The van der Waals surface area contributed by atoms with Gasteiger partial charge in [0, 0.05) is 58.4 Å². The first-order chi connectivity index (χ1) is 12.6. The van der Waals surface area contributed by atoms with Crippen LogP contribution in [0.25, 0.3) is 0 Å². The number of carboxylic acids is 1. The standard InChI is InChI=1S/C18H32N4O4/c23-17(22-9-3-16(4-10-22)26-14-18(24)25)13-20-7-1-15(2-8-20)21-11-5-19-6-12-21/h15-16,19H,1-14H2,(H,24,25). The highest BCUT2D eigenvalue weighted by molar-refractivity contribution is 5.78. The zero-order valence-corrected chi connectivity index (χ0v) is 15.6. The van der Waals surface area contributed by atoms with E-state index < -0.39 is 5.97 Å². The molecule has 0 spiro atoms. The molecule has 1 amide bonds. The van der Waals surface area contributed by atoms with E-state index in [0.717, 1.165) is 65.0 Å². The van der Waals surface area contributed by atoms with Crippen LogP contribution in [0.3, 0.4) is 0 Å². The third kappa shape index (κ3) is 5.64. The number of ether oxygens (including phenoxy) is 1. The number of carboxylic acid groups (broad SMARTS) is 1. The summed E-state index contributed by atoms with van der Waals surface area (Å²) < 4.78 is 5.33. The first-order valence-corrected chi connectivity index (χ1v) is 9.90. The van der Waals surface area contributed by atoms with Crippen molar-refractivity contribution in [1.82, 2.24) is 20.0 Å². The fourth-order valence-electron chi connectivity index (χ4n) is 4.24. The van der Waals surface area contributed by atoms with Gasteiger partial charge in [-0.1, -0.05) is 0 Å². The maximum absolute atomic E-state index is 12.6. The molecule has 3 aliphatic rings. The third-order valence-electron chi connectivity index (χ3n) is 5.82. The summed E-state index contributed by atoms with van der Waals surface area (Å²) in [6, 6.07) is 0.672. The second-order valence-electron chi connectivity index (χ2n) is 7.58. The highest BCUT2D eigenvalue weighted by Gasteiger charge is 2.28. The van der Waals surface area contributed by atoms with Crippen LogP contribution in [0.1, 0.15) is 25.7 Å². The second kappa shape index (κ2) is 9.64. The van der Waals surface area contributed by atoms with Gasteiger partial charge in [-0.05, 0) is 25.7 Å². The molecule has 0 saturated carbocycles. The Morgan fingerprint density at radius 3 is 2.23 bits per heavy atom. The molecule has 0 aromatic carbocycles. The normalized spacial score (nSPS) is 24.7. The Bertz CT molecular complexity index is 468. The predicted octanol–water partition coefficient (Wildman–Crippen LogP) is -0.552. The van der Waals surface area contributed by atoms with Gasteiger partial charge in [0.05, 0.1) is 12.6 Å². The molecule has 3 rings (SSSR count). The van der Waals surface area contributed by atoms with Crippen molar-refractivity contribution in [3.8, 4) is 0 Å². The summed E-state index contributed by atoms with van der Waals surface area (Å²) in [4.78, 5) is 29.9. The molecule has 0 aliphatic carbocycles. The smallest absolute Gasteiger partial charge is 0.329 e. The van der Waals surface area contributed by atoms with E-state index in [4.69, 9.17) is 9.84 Å². The van der Waals surface area contributed by atoms with E-state index in [9.17, 15) is 9.59 Å². The van der Waals surface area contributed by atoms with Crippen molar-refractivity contribution in [1.29, 1.82) is 0 Å². The van der Waals surface area contributed by atoms with Gasteiger partial charge in [-0.25, -0.2) is 4.79 Å². The van der Waals surface area contributed by atoms with E-state index in [1.165, 1.54) is 0 Å². The van der Waals surface area contributed by atoms with Crippen LogP contribution in [0.5, 0.6) is 0 Å². The first kappa shape index (κ1) is 19.5. The molecule has 3 aliphatic heterocycles. The minimum atomic E-state index is -0.937. The monoisotopic (exact) mass is 368 g/mol. The van der Waals surface area contributed by atoms with Crippen LogP contribution >= 0.6 is 0 Å². The predicted molar refractivity (Wildman–Crippen MR) is 97.1 cm³/mol. The Hall–Kier alpha value is -1.22. The molecule has 3 fully saturated rings. The summed E-state index contributed by atoms with van der Waals surface area (Å²) in [5.74, 6) is -0.741. The van der Waals surface area contributed by atoms with Crippen LogP contribution in [0.2, 0.25) is 0 Å². The van der Waals surface area contributed by atoms with Crippen LogP contribution in [0.4, 0.5) is 0 Å². The number of hydrogen-bond donors (Lipinski definition) is 2. The fourth-order valence-corrected chi connectivity index (χ4v) is 4.24. The van der Waals surface area contributed by atoms with E-state index in [1.54, 1.807) is 0 Å². The van der Waals surface area contributed by atoms with E-state index in [-0.39, 0.29) is 18.6 Å². The number of aliphatic carboxylic acids is 1. The summed E-state index contributed by atoms with van der Waals surface area (Å²) in [5, 5.41) is 12.1. The van der Waals surface area contributed by atoms with E-state index >= 15 is 0 Å². The lowest BCUT2D eigenvalue weighted by Gasteiger charge is -2.40. The van der Waals surface area contributed by atoms with Gasteiger partial charge in [0.15, 0.2) is 0 Å². The molecule has 0 radical (unpaired) electrons. The molecule has 8 nitrogen and oxygen atoms in total. The largest absolute Gasteiger partial charge is 0.480 e. The van der Waals surface area contributed by atoms with Crippen LogP contribution in [-0.2, 0) is 14.3 Å². The molecule has 148 valence electrons. The summed E-state index contributed by atoms with van der Waals surface area (Å²) in [6.45, 7) is 8.05. The molecule has 0 bridgehead atoms. The van der Waals surface area contributed by atoms with Crippen molar-refractivity contribution >= 4 is 11.9 Å². The fraction of sp³-hybridized carbons (Fsp3) is 0.889. The number of piperazine rings is 1. The summed E-state index contributed by atoms with van der Waals surface area (Å²) in [6.07, 6.45) is 3.72. The lowest BCUT2D eigenvalue weighted by Crippen LogP contribution is -2.53. The van der Waals surface area contributed by atoms with Gasteiger partial charge in [-0.15, -0.1) is 0 Å². The molecule has 0 aromatic rings. The van der Waals surface area contributed by atoms with Crippen LogP contribution < -0.4 is 5.32 Å². The highest BCUT2D eigenvalue weighted by atomic mass is 16.5. The number of nitrogens with one attached hydrogen (secondary N) is 1. The van der Waals surface area contributed by atoms with Crippen LogP contribution in [0.15, 0.2) is 0 Å². The average molecular weight is 368 g/mol. The van der Waals surface area contributed by atoms with Crippen molar-refractivity contribution in [2.45, 2.75) is 37.8 Å². The number of amides is 1. The SMILES string of the molecule is O=C(O)COC1CCN(C(=O)CN2CCC(N3CCNCC3)CC2)CC1. The summed E-state index contributed by atoms with van der Waals surface area (Å²) in [5.41, 5.74) is 0. The molecule has 0 unspecified atom stereocenters. The number of hydrogen-bond acceptors (Lipinski definition) is 6. The van der Waals surface area contributed by atoms with Gasteiger partial charge in [0.25, 0.3) is 0 Å². The Balaban J connectivity index is 1.33. The summed E-state index contributed by atoms with van der Waals surface area (Å²) >= 11 is 0. The lowest BCUT2D eigenvalue weighted by atomic mass is 10.0. The first-order valence-electron chi connectivity index (χ1n) is 9.90. The van der Waals surface area contributed by atoms with Crippen molar-refractivity contribution in [3.05, 3.63) is 0 Å². The number of carbonyl (C=O) groups is 2. The Morgan fingerprint density at radius 1 is 0.962 bits per heavy atom. The third-order valence-corrected chi connectivity index (χ3v) is 5.82. The molecular formula is C18H32N4O4. The van der Waals surface area contributed by atoms with Gasteiger partial charge in [-0.3, -0.25) is 14.6 Å². The number of nitrogens with zero attached hydrogens (tertiary/aromatic N) is 3. The number of carbonyl (C=O) groups excluding carboxylic acids is 1. The van der Waals surface area contributed by atoms with Crippen LogP contribution in [0, 0.1) is 0 Å². The zero-order chi connectivity index (χ0) is 18.4. The Labute approximate surface area is 155 Å². The summed E-state index contributed by atoms with van der Waals surface area (Å²) in [7, 11) is 0. The highest BCUT2D eigenvalue weighted by Crippen LogP contribution is 2.18. The molecule has 2 N–H and O–H groups in total. The Kier molecular flexibility index (Phi) is 7.24. The molecular weight excluding hydrogens is 336 g/mol. The maximum atomic E-state index is 12.6. The van der Waals surface area contributed by atoms with Crippen molar-refractivity contribution < 1.29 is 19.4 Å². The maximum Gasteiger partial charge on any atom is 0.329 e. The second-order valence-corrected chi connectivity index (χ2v) is 7.58. The molecule has 3 saturated heterocycles. The number of piperidine rings is 2. The van der Waals surface area contributed by atoms with E-state index in [0.29, 0.717) is 25.7 Å². The van der Waals surface area contributed by atoms with Crippen molar-refractivity contribution in [2.75, 3.05) is 65.5 Å². The quantitative estimate of drug-likeness (QED) is 0.651. The average Bonchev–Trinajstić information content (AvgIpc) is 2.68. The number of rotatable bonds is 6. The van der Waals surface area contributed by atoms with Crippen molar-refractivity contribution in [3.63, 3.8) is 0 Å². The van der Waals surface area contributed by atoms with Gasteiger partial charge in [-0.2, -0.15) is 0 Å². The minimum absolute atomic E-state index is 0.0371. The molecule has 0 aromatic heterocycles. The van der Waals surface area contributed by atoms with Gasteiger partial charge >= 0.3 is 5.97 Å². The molecule has 26 heavy (non-hydrogen) atoms. The Morgan fingerprint density at radius 2 is 1.62 bits per heavy atom. The zero-order valence-electron chi connectivity index (χ0n) is 15.6. The van der Waals surface area contributed by atoms with Crippen LogP contribution in [-0.4, -0.2) is 109 Å². The minimum Gasteiger partial charge on any atom is -0.480 e. The lowest BCUT2D eigenvalue weighted by molar-refractivity contribution is -0.147. The molecule has 8 heteroatoms. The van der Waals surface area contributed by atoms with E-state index in [1.807, 2.05) is 4.90 Å². The van der Waals surface area contributed by atoms with Gasteiger partial charge < -0.3 is 20.1 Å².